The second-order valence-electron chi connectivity index (χ2n) is 4.96. The Balaban J connectivity index is 2.50. The Bertz CT molecular complexity index is 473. The standard InChI is InChI=1S/C13H16BrNO3/c1-13(2)8-18-7-6-15(13)10-5-3-4-9(14)11(10)12(16)17/h3-5H,6-8H2,1-2H3,(H,16,17). The van der Waals surface area contributed by atoms with E-state index in [-0.39, 0.29) is 5.54 Å². The van der Waals surface area contributed by atoms with Gasteiger partial charge in [0.15, 0.2) is 0 Å². The van der Waals surface area contributed by atoms with Gasteiger partial charge in [-0.2, -0.15) is 0 Å². The van der Waals surface area contributed by atoms with Crippen molar-refractivity contribution in [1.29, 1.82) is 0 Å². The van der Waals surface area contributed by atoms with Crippen LogP contribution in [-0.2, 0) is 4.74 Å². The fourth-order valence-corrected chi connectivity index (χ4v) is 2.78. The molecule has 5 heteroatoms. The van der Waals surface area contributed by atoms with Crippen LogP contribution in [0.4, 0.5) is 5.69 Å². The second kappa shape index (κ2) is 4.90. The number of aromatic carboxylic acids is 1. The molecule has 1 N–H and O–H groups in total. The minimum atomic E-state index is -0.917. The van der Waals surface area contributed by atoms with Crippen LogP contribution < -0.4 is 4.90 Å². The minimum absolute atomic E-state index is 0.205. The van der Waals surface area contributed by atoms with Crippen LogP contribution in [0, 0.1) is 0 Å². The Morgan fingerprint density at radius 3 is 2.83 bits per heavy atom. The van der Waals surface area contributed by atoms with Gasteiger partial charge in [0.05, 0.1) is 30.0 Å². The van der Waals surface area contributed by atoms with E-state index in [0.29, 0.717) is 29.8 Å². The Morgan fingerprint density at radius 1 is 1.50 bits per heavy atom. The summed E-state index contributed by atoms with van der Waals surface area (Å²) in [7, 11) is 0. The fourth-order valence-electron chi connectivity index (χ4n) is 2.25. The van der Waals surface area contributed by atoms with Crippen molar-refractivity contribution in [2.24, 2.45) is 0 Å². The maximum absolute atomic E-state index is 11.4. The minimum Gasteiger partial charge on any atom is -0.478 e. The van der Waals surface area contributed by atoms with Gasteiger partial charge in [-0.05, 0) is 41.9 Å². The van der Waals surface area contributed by atoms with Crippen LogP contribution in [0.2, 0.25) is 0 Å². The van der Waals surface area contributed by atoms with Gasteiger partial charge < -0.3 is 14.7 Å². The van der Waals surface area contributed by atoms with Crippen molar-refractivity contribution in [2.75, 3.05) is 24.7 Å². The summed E-state index contributed by atoms with van der Waals surface area (Å²) in [6.45, 7) is 6.02. The zero-order chi connectivity index (χ0) is 13.3. The van der Waals surface area contributed by atoms with Gasteiger partial charge in [0.2, 0.25) is 0 Å². The predicted octanol–water partition coefficient (Wildman–Crippen LogP) is 2.76. The van der Waals surface area contributed by atoms with Gasteiger partial charge in [-0.3, -0.25) is 0 Å². The summed E-state index contributed by atoms with van der Waals surface area (Å²) in [6.07, 6.45) is 0. The number of hydrogen-bond acceptors (Lipinski definition) is 3. The first-order valence-corrected chi connectivity index (χ1v) is 6.60. The molecule has 98 valence electrons. The number of benzene rings is 1. The van der Waals surface area contributed by atoms with Gasteiger partial charge in [-0.1, -0.05) is 6.07 Å². The summed E-state index contributed by atoms with van der Waals surface area (Å²) >= 11 is 3.31. The van der Waals surface area contributed by atoms with E-state index in [4.69, 9.17) is 4.74 Å². The highest BCUT2D eigenvalue weighted by molar-refractivity contribution is 9.10. The van der Waals surface area contributed by atoms with Crippen LogP contribution in [0.5, 0.6) is 0 Å². The average molecular weight is 314 g/mol. The van der Waals surface area contributed by atoms with Crippen LogP contribution in [0.15, 0.2) is 22.7 Å². The van der Waals surface area contributed by atoms with Crippen molar-refractivity contribution in [2.45, 2.75) is 19.4 Å². The van der Waals surface area contributed by atoms with E-state index in [9.17, 15) is 9.90 Å². The van der Waals surface area contributed by atoms with E-state index in [1.54, 1.807) is 6.07 Å². The molecule has 1 heterocycles. The van der Waals surface area contributed by atoms with E-state index in [0.717, 1.165) is 5.69 Å². The monoisotopic (exact) mass is 313 g/mol. The fraction of sp³-hybridized carbons (Fsp3) is 0.462. The van der Waals surface area contributed by atoms with Crippen LogP contribution in [0.3, 0.4) is 0 Å². The highest BCUT2D eigenvalue weighted by atomic mass is 79.9. The normalized spacial score (nSPS) is 18.7. The van der Waals surface area contributed by atoms with Crippen LogP contribution in [0.1, 0.15) is 24.2 Å². The lowest BCUT2D eigenvalue weighted by Gasteiger charge is -2.44. The molecule has 0 amide bonds. The van der Waals surface area contributed by atoms with E-state index in [1.807, 2.05) is 12.1 Å². The number of hydrogen-bond donors (Lipinski definition) is 1. The van der Waals surface area contributed by atoms with E-state index in [1.165, 1.54) is 0 Å². The number of morpholine rings is 1. The molecule has 0 unspecified atom stereocenters. The highest BCUT2D eigenvalue weighted by Gasteiger charge is 2.33. The van der Waals surface area contributed by atoms with Crippen molar-refractivity contribution in [1.82, 2.24) is 0 Å². The molecule has 1 aromatic carbocycles. The first kappa shape index (κ1) is 13.4. The molecular weight excluding hydrogens is 298 g/mol. The molecule has 0 radical (unpaired) electrons. The molecule has 1 aliphatic heterocycles. The lowest BCUT2D eigenvalue weighted by atomic mass is 9.99. The Morgan fingerprint density at radius 2 is 2.22 bits per heavy atom. The Hall–Kier alpha value is -1.07. The van der Waals surface area contributed by atoms with Gasteiger partial charge in [-0.15, -0.1) is 0 Å². The van der Waals surface area contributed by atoms with Crippen LogP contribution in [-0.4, -0.2) is 36.4 Å². The summed E-state index contributed by atoms with van der Waals surface area (Å²) in [6, 6.07) is 5.46. The molecule has 0 aromatic heterocycles. The maximum Gasteiger partial charge on any atom is 0.338 e. The molecule has 1 aliphatic rings. The summed E-state index contributed by atoms with van der Waals surface area (Å²) in [5.74, 6) is -0.917. The number of rotatable bonds is 2. The second-order valence-corrected chi connectivity index (χ2v) is 5.81. The van der Waals surface area contributed by atoms with Gasteiger partial charge >= 0.3 is 5.97 Å². The van der Waals surface area contributed by atoms with Gasteiger partial charge in [0.25, 0.3) is 0 Å². The van der Waals surface area contributed by atoms with E-state index < -0.39 is 5.97 Å². The molecule has 18 heavy (non-hydrogen) atoms. The number of carboxylic acids is 1. The topological polar surface area (TPSA) is 49.8 Å². The Kier molecular flexibility index (Phi) is 3.64. The smallest absolute Gasteiger partial charge is 0.338 e. The van der Waals surface area contributed by atoms with Crippen molar-refractivity contribution in [3.8, 4) is 0 Å². The molecule has 1 fully saturated rings. The van der Waals surface area contributed by atoms with Crippen molar-refractivity contribution in [3.05, 3.63) is 28.2 Å². The molecule has 1 saturated heterocycles. The van der Waals surface area contributed by atoms with E-state index >= 15 is 0 Å². The number of ether oxygens (including phenoxy) is 1. The molecule has 0 saturated carbocycles. The zero-order valence-corrected chi connectivity index (χ0v) is 12.0. The number of carboxylic acid groups (broad SMARTS) is 1. The van der Waals surface area contributed by atoms with Crippen molar-refractivity contribution >= 4 is 27.6 Å². The average Bonchev–Trinajstić information content (AvgIpc) is 2.27. The third-order valence-electron chi connectivity index (χ3n) is 3.14. The molecule has 4 nitrogen and oxygen atoms in total. The molecule has 0 spiro atoms. The molecule has 0 aliphatic carbocycles. The molecule has 2 rings (SSSR count). The van der Waals surface area contributed by atoms with Crippen molar-refractivity contribution in [3.63, 3.8) is 0 Å². The van der Waals surface area contributed by atoms with Gasteiger partial charge in [0.1, 0.15) is 0 Å². The molecule has 0 atom stereocenters. The quantitative estimate of drug-likeness (QED) is 0.912. The first-order valence-electron chi connectivity index (χ1n) is 5.81. The number of halogens is 1. The van der Waals surface area contributed by atoms with Crippen LogP contribution in [0.25, 0.3) is 0 Å². The van der Waals surface area contributed by atoms with Crippen LogP contribution >= 0.6 is 15.9 Å². The lowest BCUT2D eigenvalue weighted by molar-refractivity contribution is 0.0629. The zero-order valence-electron chi connectivity index (χ0n) is 10.4. The van der Waals surface area contributed by atoms with Gasteiger partial charge in [-0.25, -0.2) is 4.79 Å². The largest absolute Gasteiger partial charge is 0.478 e. The van der Waals surface area contributed by atoms with Gasteiger partial charge in [0, 0.05) is 11.0 Å². The maximum atomic E-state index is 11.4. The lowest BCUT2D eigenvalue weighted by Crippen LogP contribution is -2.53. The number of nitrogens with zero attached hydrogens (tertiary/aromatic N) is 1. The number of carbonyl (C=O) groups is 1. The van der Waals surface area contributed by atoms with E-state index in [2.05, 4.69) is 34.7 Å². The molecule has 1 aromatic rings. The summed E-state index contributed by atoms with van der Waals surface area (Å²) in [5, 5.41) is 9.36. The SMILES string of the molecule is CC1(C)COCCN1c1cccc(Br)c1C(=O)O. The predicted molar refractivity (Wildman–Crippen MR) is 73.3 cm³/mol. The Labute approximate surface area is 115 Å². The first-order chi connectivity index (χ1) is 8.43. The van der Waals surface area contributed by atoms with Crippen molar-refractivity contribution < 1.29 is 14.6 Å². The number of anilines is 1. The third kappa shape index (κ3) is 2.37. The molecular formula is C13H16BrNO3. The highest BCUT2D eigenvalue weighted by Crippen LogP contribution is 2.33. The molecule has 0 bridgehead atoms. The summed E-state index contributed by atoms with van der Waals surface area (Å²) in [5.41, 5.74) is 0.848. The summed E-state index contributed by atoms with van der Waals surface area (Å²) in [4.78, 5) is 13.5. The third-order valence-corrected chi connectivity index (χ3v) is 3.80. The summed E-state index contributed by atoms with van der Waals surface area (Å²) < 4.78 is 6.07.